The van der Waals surface area contributed by atoms with Gasteiger partial charge in [0.1, 0.15) is 18.3 Å². The highest BCUT2D eigenvalue weighted by Gasteiger charge is 2.35. The van der Waals surface area contributed by atoms with Crippen molar-refractivity contribution in [1.82, 2.24) is 10.2 Å². The normalized spacial score (nSPS) is 14.1. The van der Waals surface area contributed by atoms with Crippen LogP contribution >= 0.6 is 0 Å². The van der Waals surface area contributed by atoms with E-state index in [4.69, 9.17) is 4.74 Å². The molecule has 9 heteroatoms. The van der Waals surface area contributed by atoms with E-state index in [2.05, 4.69) is 5.32 Å². The summed E-state index contributed by atoms with van der Waals surface area (Å²) in [6.45, 7) is 3.95. The third kappa shape index (κ3) is 8.83. The Bertz CT molecular complexity index is 1740. The maximum absolute atomic E-state index is 14.7. The number of anilines is 1. The van der Waals surface area contributed by atoms with Crippen molar-refractivity contribution < 1.29 is 22.7 Å². The highest BCUT2D eigenvalue weighted by atomic mass is 32.2. The van der Waals surface area contributed by atoms with Gasteiger partial charge in [-0.3, -0.25) is 13.9 Å². The zero-order chi connectivity index (χ0) is 33.9. The highest BCUT2D eigenvalue weighted by molar-refractivity contribution is 7.92. The van der Waals surface area contributed by atoms with Crippen LogP contribution in [0.5, 0.6) is 5.75 Å². The smallest absolute Gasteiger partial charge is 0.264 e. The van der Waals surface area contributed by atoms with Crippen LogP contribution in [0.25, 0.3) is 0 Å². The number of carbonyl (C=O) groups is 2. The number of aryl methyl sites for hydroxylation is 1. The number of benzene rings is 4. The molecule has 0 aliphatic heterocycles. The van der Waals surface area contributed by atoms with E-state index in [0.29, 0.717) is 18.0 Å². The minimum atomic E-state index is -4.17. The van der Waals surface area contributed by atoms with Crippen LogP contribution in [0.1, 0.15) is 55.7 Å². The first-order valence-electron chi connectivity index (χ1n) is 16.7. The number of nitrogens with one attached hydrogen (secondary N) is 1. The van der Waals surface area contributed by atoms with E-state index in [1.807, 2.05) is 68.4 Å². The maximum atomic E-state index is 14.7. The summed E-state index contributed by atoms with van der Waals surface area (Å²) in [6, 6.07) is 31.3. The fraction of sp³-hybridized carbons (Fsp3) is 0.333. The number of ether oxygens (including phenoxy) is 1. The molecule has 1 saturated carbocycles. The second-order valence-corrected chi connectivity index (χ2v) is 14.1. The largest absolute Gasteiger partial charge is 0.494 e. The van der Waals surface area contributed by atoms with Crippen LogP contribution in [0, 0.1) is 6.92 Å². The van der Waals surface area contributed by atoms with E-state index in [9.17, 15) is 18.0 Å². The summed E-state index contributed by atoms with van der Waals surface area (Å²) >= 11 is 0. The quantitative estimate of drug-likeness (QED) is 0.162. The SMILES string of the molecule is CCOc1ccc(N(CC(=O)N(Cc2ccccc2C)[C@H](Cc2ccccc2)C(=O)NC2CCCCC2)S(=O)(=O)c2ccccc2)cc1. The summed E-state index contributed by atoms with van der Waals surface area (Å²) in [5, 5.41) is 3.26. The number of sulfonamides is 1. The average Bonchev–Trinajstić information content (AvgIpc) is 3.11. The van der Waals surface area contributed by atoms with Crippen LogP contribution in [-0.2, 0) is 32.6 Å². The standard InChI is InChI=1S/C39H45N3O5S/c1-3-47-35-25-23-34(24-26-35)42(48(45,46)36-21-11-6-12-22-36)29-38(43)41(28-32-18-14-13-15-30(32)2)37(27-31-16-7-4-8-17-31)39(44)40-33-19-9-5-10-20-33/h4,6-8,11-18,21-26,33,37H,3,5,9-10,19-20,27-29H2,1-2H3,(H,40,44)/t37-/m1/s1. The zero-order valence-corrected chi connectivity index (χ0v) is 28.6. The summed E-state index contributed by atoms with van der Waals surface area (Å²) < 4.78 is 35.2. The number of hydrogen-bond donors (Lipinski definition) is 1. The molecule has 1 atom stereocenters. The van der Waals surface area contributed by atoms with Gasteiger partial charge in [-0.2, -0.15) is 0 Å². The van der Waals surface area contributed by atoms with Crippen LogP contribution < -0.4 is 14.4 Å². The third-order valence-electron chi connectivity index (χ3n) is 8.87. The first-order chi connectivity index (χ1) is 23.3. The molecule has 0 unspecified atom stereocenters. The molecule has 1 aliphatic rings. The number of carbonyl (C=O) groups excluding carboxylic acids is 2. The van der Waals surface area contributed by atoms with Gasteiger partial charge < -0.3 is 15.0 Å². The van der Waals surface area contributed by atoms with Gasteiger partial charge in [-0.15, -0.1) is 0 Å². The van der Waals surface area contributed by atoms with E-state index < -0.39 is 28.5 Å². The zero-order valence-electron chi connectivity index (χ0n) is 27.8. The van der Waals surface area contributed by atoms with Crippen molar-refractivity contribution >= 4 is 27.5 Å². The van der Waals surface area contributed by atoms with Crippen LogP contribution in [-0.4, -0.2) is 50.4 Å². The lowest BCUT2D eigenvalue weighted by atomic mass is 9.94. The molecule has 0 bridgehead atoms. The van der Waals surface area contributed by atoms with Crippen molar-refractivity contribution in [1.29, 1.82) is 0 Å². The van der Waals surface area contributed by atoms with Gasteiger partial charge in [0, 0.05) is 19.0 Å². The molecular formula is C39H45N3O5S. The summed E-state index contributed by atoms with van der Waals surface area (Å²) in [5.41, 5.74) is 3.08. The minimum Gasteiger partial charge on any atom is -0.494 e. The lowest BCUT2D eigenvalue weighted by Crippen LogP contribution is -2.55. The topological polar surface area (TPSA) is 96.0 Å². The molecule has 0 saturated heterocycles. The van der Waals surface area contributed by atoms with Gasteiger partial charge >= 0.3 is 0 Å². The van der Waals surface area contributed by atoms with Crippen molar-refractivity contribution in [2.45, 2.75) is 75.9 Å². The second kappa shape index (κ2) is 16.5. The summed E-state index contributed by atoms with van der Waals surface area (Å²) in [4.78, 5) is 30.6. The fourth-order valence-electron chi connectivity index (χ4n) is 6.19. The first kappa shape index (κ1) is 34.7. The Morgan fingerprint density at radius 2 is 1.46 bits per heavy atom. The Balaban J connectivity index is 1.56. The molecule has 252 valence electrons. The van der Waals surface area contributed by atoms with Crippen LogP contribution in [0.3, 0.4) is 0 Å². The molecule has 0 heterocycles. The Morgan fingerprint density at radius 1 is 0.833 bits per heavy atom. The number of nitrogens with zero attached hydrogens (tertiary/aromatic N) is 2. The lowest BCUT2D eigenvalue weighted by molar-refractivity contribution is -0.140. The Morgan fingerprint density at radius 3 is 2.10 bits per heavy atom. The van der Waals surface area contributed by atoms with E-state index in [0.717, 1.165) is 53.1 Å². The van der Waals surface area contributed by atoms with Gasteiger partial charge in [0.15, 0.2) is 0 Å². The van der Waals surface area contributed by atoms with E-state index in [-0.39, 0.29) is 29.8 Å². The lowest BCUT2D eigenvalue weighted by Gasteiger charge is -2.35. The highest BCUT2D eigenvalue weighted by Crippen LogP contribution is 2.27. The van der Waals surface area contributed by atoms with E-state index >= 15 is 0 Å². The fourth-order valence-corrected chi connectivity index (χ4v) is 7.63. The van der Waals surface area contributed by atoms with Gasteiger partial charge in [0.2, 0.25) is 11.8 Å². The molecule has 8 nitrogen and oxygen atoms in total. The van der Waals surface area contributed by atoms with Crippen LogP contribution in [0.15, 0.2) is 114 Å². The molecule has 1 fully saturated rings. The second-order valence-electron chi connectivity index (χ2n) is 12.2. The molecule has 0 radical (unpaired) electrons. The molecule has 4 aromatic rings. The first-order valence-corrected chi connectivity index (χ1v) is 18.2. The molecule has 2 amide bonds. The number of rotatable bonds is 14. The molecule has 1 aliphatic carbocycles. The summed E-state index contributed by atoms with van der Waals surface area (Å²) in [7, 11) is -4.17. The predicted octanol–water partition coefficient (Wildman–Crippen LogP) is 6.68. The van der Waals surface area contributed by atoms with Crippen molar-refractivity contribution in [3.8, 4) is 5.75 Å². The number of amides is 2. The van der Waals surface area contributed by atoms with Crippen LogP contribution in [0.4, 0.5) is 5.69 Å². The monoisotopic (exact) mass is 667 g/mol. The Labute approximate surface area is 284 Å². The van der Waals surface area contributed by atoms with Crippen molar-refractivity contribution in [2.24, 2.45) is 0 Å². The molecule has 0 spiro atoms. The van der Waals surface area contributed by atoms with Gasteiger partial charge in [-0.25, -0.2) is 8.42 Å². The van der Waals surface area contributed by atoms with Gasteiger partial charge in [-0.05, 0) is 79.8 Å². The molecule has 5 rings (SSSR count). The van der Waals surface area contributed by atoms with E-state index in [1.54, 1.807) is 47.4 Å². The third-order valence-corrected chi connectivity index (χ3v) is 10.7. The van der Waals surface area contributed by atoms with Gasteiger partial charge in [0.25, 0.3) is 10.0 Å². The molecule has 0 aromatic heterocycles. The van der Waals surface area contributed by atoms with Gasteiger partial charge in [-0.1, -0.05) is 92.1 Å². The molecule has 1 N–H and O–H groups in total. The number of hydrogen-bond acceptors (Lipinski definition) is 5. The van der Waals surface area contributed by atoms with Crippen molar-refractivity contribution in [3.05, 3.63) is 126 Å². The average molecular weight is 668 g/mol. The van der Waals surface area contributed by atoms with Crippen LogP contribution in [0.2, 0.25) is 0 Å². The summed E-state index contributed by atoms with van der Waals surface area (Å²) in [6.07, 6.45) is 5.33. The molecule has 48 heavy (non-hydrogen) atoms. The Hall–Kier alpha value is -4.63. The van der Waals surface area contributed by atoms with Crippen molar-refractivity contribution in [3.63, 3.8) is 0 Å². The molecular weight excluding hydrogens is 623 g/mol. The maximum Gasteiger partial charge on any atom is 0.264 e. The summed E-state index contributed by atoms with van der Waals surface area (Å²) in [5.74, 6) is -0.120. The molecule has 4 aromatic carbocycles. The minimum absolute atomic E-state index is 0.0405. The van der Waals surface area contributed by atoms with E-state index in [1.165, 1.54) is 12.1 Å². The van der Waals surface area contributed by atoms with Gasteiger partial charge in [0.05, 0.1) is 17.2 Å². The predicted molar refractivity (Wildman–Crippen MR) is 189 cm³/mol. The van der Waals surface area contributed by atoms with Crippen molar-refractivity contribution in [2.75, 3.05) is 17.5 Å². The Kier molecular flexibility index (Phi) is 11.9.